The molecule has 0 spiro atoms. The first-order valence-electron chi connectivity index (χ1n) is 13.4. The maximum absolute atomic E-state index is 13.9. The van der Waals surface area contributed by atoms with Crippen LogP contribution < -0.4 is 9.64 Å². The maximum Gasteiger partial charge on any atom is 0.271 e. The Morgan fingerprint density at radius 2 is 1.80 bits per heavy atom. The van der Waals surface area contributed by atoms with Gasteiger partial charge in [0.15, 0.2) is 11.6 Å². The van der Waals surface area contributed by atoms with E-state index in [-0.39, 0.29) is 49.0 Å². The Labute approximate surface area is 234 Å². The first-order valence-corrected chi connectivity index (χ1v) is 13.4. The van der Waals surface area contributed by atoms with Crippen molar-refractivity contribution >= 4 is 34.8 Å². The third-order valence-corrected chi connectivity index (χ3v) is 8.44. The van der Waals surface area contributed by atoms with Crippen molar-refractivity contribution < 1.29 is 33.9 Å². The van der Waals surface area contributed by atoms with Crippen LogP contribution in [0.1, 0.15) is 31.2 Å². The second kappa shape index (κ2) is 10.0. The summed E-state index contributed by atoms with van der Waals surface area (Å²) in [6.45, 7) is 1.60. The smallest absolute Gasteiger partial charge is 0.271 e. The molecule has 41 heavy (non-hydrogen) atoms. The molecule has 2 aromatic rings. The van der Waals surface area contributed by atoms with E-state index in [9.17, 15) is 29.3 Å². The molecule has 0 saturated carbocycles. The molecule has 2 amide bonds. The van der Waals surface area contributed by atoms with E-state index in [4.69, 9.17) is 9.84 Å². The van der Waals surface area contributed by atoms with Crippen LogP contribution in [0.3, 0.4) is 0 Å². The Morgan fingerprint density at radius 3 is 2.51 bits per heavy atom. The topological polar surface area (TPSA) is 144 Å². The monoisotopic (exact) mass is 554 g/mol. The molecule has 1 saturated heterocycles. The number of carbonyl (C=O) groups is 4. The first-order chi connectivity index (χ1) is 19.7. The molecule has 3 aliphatic carbocycles. The van der Waals surface area contributed by atoms with E-state index in [0.29, 0.717) is 22.5 Å². The summed E-state index contributed by atoms with van der Waals surface area (Å²) < 4.78 is 5.49. The van der Waals surface area contributed by atoms with Crippen molar-refractivity contribution in [1.82, 2.24) is 0 Å². The molecular formula is C31H26N2O8. The second-order valence-corrected chi connectivity index (χ2v) is 10.7. The molecule has 1 aliphatic heterocycles. The van der Waals surface area contributed by atoms with Crippen molar-refractivity contribution in [2.24, 2.45) is 17.8 Å². The van der Waals surface area contributed by atoms with E-state index < -0.39 is 40.4 Å². The minimum Gasteiger partial charge on any atom is -0.491 e. The van der Waals surface area contributed by atoms with Crippen molar-refractivity contribution in [2.45, 2.75) is 25.7 Å². The predicted molar refractivity (Wildman–Crippen MR) is 146 cm³/mol. The van der Waals surface area contributed by atoms with Gasteiger partial charge in [0.1, 0.15) is 12.4 Å². The fourth-order valence-corrected chi connectivity index (χ4v) is 6.66. The Bertz CT molecular complexity index is 1620. The number of ketones is 2. The molecular weight excluding hydrogens is 528 g/mol. The summed E-state index contributed by atoms with van der Waals surface area (Å²) in [6, 6.07) is 12.5. The van der Waals surface area contributed by atoms with Gasteiger partial charge in [-0.05, 0) is 55.5 Å². The zero-order chi connectivity index (χ0) is 29.0. The maximum atomic E-state index is 13.9. The molecule has 0 aromatic heterocycles. The van der Waals surface area contributed by atoms with Crippen LogP contribution in [0.4, 0.5) is 11.4 Å². The van der Waals surface area contributed by atoms with Crippen molar-refractivity contribution in [3.8, 4) is 5.75 Å². The van der Waals surface area contributed by atoms with Gasteiger partial charge in [0.25, 0.3) is 5.69 Å². The van der Waals surface area contributed by atoms with Gasteiger partial charge in [-0.3, -0.25) is 29.3 Å². The number of carbonyl (C=O) groups excluding carboxylic acids is 4. The molecule has 4 aliphatic rings. The van der Waals surface area contributed by atoms with Gasteiger partial charge in [0, 0.05) is 34.8 Å². The number of Topliss-reactive ketones (excluding diaryl/α,β-unsaturated/α-hetero) is 1. The quantitative estimate of drug-likeness (QED) is 0.188. The number of nitro benzene ring substituents is 1. The molecule has 2 aromatic carbocycles. The van der Waals surface area contributed by atoms with Gasteiger partial charge in [-0.15, -0.1) is 0 Å². The number of hydrogen-bond donors (Lipinski definition) is 1. The van der Waals surface area contributed by atoms with Gasteiger partial charge in [-0.1, -0.05) is 29.8 Å². The van der Waals surface area contributed by atoms with Gasteiger partial charge >= 0.3 is 0 Å². The number of aliphatic hydroxyl groups excluding tert-OH is 1. The van der Waals surface area contributed by atoms with E-state index in [1.165, 1.54) is 30.3 Å². The zero-order valence-corrected chi connectivity index (χ0v) is 22.1. The van der Waals surface area contributed by atoms with E-state index in [1.54, 1.807) is 31.2 Å². The van der Waals surface area contributed by atoms with Crippen molar-refractivity contribution in [1.29, 1.82) is 0 Å². The number of fused-ring (bicyclic) bond motifs is 3. The molecule has 1 N–H and O–H groups in total. The number of nitro groups is 1. The largest absolute Gasteiger partial charge is 0.491 e. The second-order valence-electron chi connectivity index (χ2n) is 10.7. The molecule has 0 radical (unpaired) electrons. The number of amides is 2. The Morgan fingerprint density at radius 1 is 1.05 bits per heavy atom. The zero-order valence-electron chi connectivity index (χ0n) is 22.1. The number of rotatable bonds is 6. The minimum absolute atomic E-state index is 0.128. The van der Waals surface area contributed by atoms with Crippen LogP contribution in [-0.4, -0.2) is 46.6 Å². The molecule has 4 atom stereocenters. The van der Waals surface area contributed by atoms with E-state index in [2.05, 4.69) is 0 Å². The summed E-state index contributed by atoms with van der Waals surface area (Å²) in [4.78, 5) is 66.0. The van der Waals surface area contributed by atoms with Gasteiger partial charge in [0.2, 0.25) is 11.8 Å². The summed E-state index contributed by atoms with van der Waals surface area (Å²) in [5.41, 5.74) is 2.55. The molecule has 6 rings (SSSR count). The summed E-state index contributed by atoms with van der Waals surface area (Å²) in [7, 11) is 0. The molecule has 4 unspecified atom stereocenters. The van der Waals surface area contributed by atoms with Gasteiger partial charge in [0.05, 0.1) is 29.1 Å². The van der Waals surface area contributed by atoms with Crippen LogP contribution in [0.2, 0.25) is 0 Å². The Hall–Kier alpha value is -4.70. The number of anilines is 1. The number of ether oxygens (including phenoxy) is 1. The number of benzene rings is 2. The third kappa shape index (κ3) is 4.22. The molecule has 1 fully saturated rings. The lowest BCUT2D eigenvalue weighted by Gasteiger charge is -2.42. The van der Waals surface area contributed by atoms with Crippen LogP contribution in [0, 0.1) is 27.9 Å². The molecule has 10 nitrogen and oxygen atoms in total. The van der Waals surface area contributed by atoms with Crippen LogP contribution in [0.25, 0.3) is 0 Å². The van der Waals surface area contributed by atoms with E-state index in [0.717, 1.165) is 16.0 Å². The van der Waals surface area contributed by atoms with E-state index in [1.807, 2.05) is 6.08 Å². The summed E-state index contributed by atoms with van der Waals surface area (Å²) in [6.07, 6.45) is 3.66. The number of hydrogen-bond acceptors (Lipinski definition) is 8. The van der Waals surface area contributed by atoms with Crippen LogP contribution in [0.5, 0.6) is 5.75 Å². The SMILES string of the molecule is CC1=CC(=O)C2=C(C1=O)C(c1ccc(OCCO)cc1)C1=CCC3C(=O)N(c4cccc([N+](=O)[O-])c4)C(=O)C3C1C2. The first kappa shape index (κ1) is 26.5. The predicted octanol–water partition coefficient (Wildman–Crippen LogP) is 3.60. The lowest BCUT2D eigenvalue weighted by Crippen LogP contribution is -2.39. The standard InChI is InChI=1S/C31H26N2O8/c1-16-13-25(35)24-15-23-21(26(28(24)29(16)36)17-5-7-20(8-6-17)41-12-11-34)9-10-22-27(23)31(38)32(30(22)37)18-3-2-4-19(14-18)33(39)40/h2-9,13-14,22-23,26-27,34H,10-12,15H2,1H3. The van der Waals surface area contributed by atoms with E-state index >= 15 is 0 Å². The fourth-order valence-electron chi connectivity index (χ4n) is 6.66. The number of imide groups is 1. The van der Waals surface area contributed by atoms with Crippen molar-refractivity contribution in [3.63, 3.8) is 0 Å². The fraction of sp³-hybridized carbons (Fsp3) is 0.290. The van der Waals surface area contributed by atoms with Crippen LogP contribution in [-0.2, 0) is 19.2 Å². The Kier molecular flexibility index (Phi) is 6.50. The minimum atomic E-state index is -0.777. The van der Waals surface area contributed by atoms with Crippen LogP contribution >= 0.6 is 0 Å². The molecule has 10 heteroatoms. The summed E-state index contributed by atoms with van der Waals surface area (Å²) >= 11 is 0. The molecule has 208 valence electrons. The summed E-state index contributed by atoms with van der Waals surface area (Å²) in [5.74, 6) is -3.42. The number of nitrogens with zero attached hydrogens (tertiary/aromatic N) is 2. The van der Waals surface area contributed by atoms with Gasteiger partial charge < -0.3 is 9.84 Å². The third-order valence-electron chi connectivity index (χ3n) is 8.44. The highest BCUT2D eigenvalue weighted by Gasteiger charge is 2.56. The van der Waals surface area contributed by atoms with Crippen LogP contribution in [0.15, 0.2) is 83.0 Å². The lowest BCUT2D eigenvalue weighted by molar-refractivity contribution is -0.384. The van der Waals surface area contributed by atoms with Crippen molar-refractivity contribution in [2.75, 3.05) is 18.1 Å². The van der Waals surface area contributed by atoms with Crippen molar-refractivity contribution in [3.05, 3.63) is 98.7 Å². The van der Waals surface area contributed by atoms with Gasteiger partial charge in [-0.25, -0.2) is 4.90 Å². The number of aliphatic hydroxyl groups is 1. The highest BCUT2D eigenvalue weighted by atomic mass is 16.6. The highest BCUT2D eigenvalue weighted by molar-refractivity contribution is 6.25. The Balaban J connectivity index is 1.43. The number of non-ortho nitro benzene ring substituents is 1. The highest BCUT2D eigenvalue weighted by Crippen LogP contribution is 2.55. The lowest BCUT2D eigenvalue weighted by atomic mass is 9.59. The molecule has 1 heterocycles. The average Bonchev–Trinajstić information content (AvgIpc) is 3.23. The van der Waals surface area contributed by atoms with Gasteiger partial charge in [-0.2, -0.15) is 0 Å². The normalized spacial score (nSPS) is 25.4. The number of allylic oxidation sites excluding steroid dienone is 6. The summed E-state index contributed by atoms with van der Waals surface area (Å²) in [5, 5.41) is 20.4. The average molecular weight is 555 g/mol. The molecule has 0 bridgehead atoms.